The van der Waals surface area contributed by atoms with Gasteiger partial charge in [-0.2, -0.15) is 23.8 Å². The molecule has 63 valence electrons. The number of nitrogens with zero attached hydrogens (tertiary/aromatic N) is 2. The van der Waals surface area contributed by atoms with Gasteiger partial charge in [-0.05, 0) is 12.6 Å². The van der Waals surface area contributed by atoms with Crippen LogP contribution in [0.3, 0.4) is 0 Å². The first kappa shape index (κ1) is 13.8. The van der Waals surface area contributed by atoms with Crippen LogP contribution in [0.4, 0.5) is 0 Å². The molecule has 3 heteroatoms. The van der Waals surface area contributed by atoms with Crippen molar-refractivity contribution in [3.05, 3.63) is 38.0 Å². The van der Waals surface area contributed by atoms with Crippen molar-refractivity contribution in [2.24, 2.45) is 0 Å². The van der Waals surface area contributed by atoms with Gasteiger partial charge in [-0.15, -0.1) is 5.69 Å². The largest absolute Gasteiger partial charge is 2.00 e. The van der Waals surface area contributed by atoms with Crippen LogP contribution in [0, 0.1) is 20.4 Å². The van der Waals surface area contributed by atoms with E-state index in [9.17, 15) is 0 Å². The van der Waals surface area contributed by atoms with Gasteiger partial charge in [0.05, 0.1) is 0 Å². The van der Waals surface area contributed by atoms with E-state index in [4.69, 9.17) is 0 Å². The summed E-state index contributed by atoms with van der Waals surface area (Å²) in [7, 11) is 0. The minimum atomic E-state index is 0. The van der Waals surface area contributed by atoms with E-state index >= 15 is 0 Å². The zero-order chi connectivity index (χ0) is 7.56. The monoisotopic (exact) mass is 199 g/mol. The van der Waals surface area contributed by atoms with Crippen LogP contribution in [-0.4, -0.2) is 9.78 Å². The molecule has 0 aliphatic rings. The number of aryl methyl sites for hydroxylation is 1. The molecule has 0 N–H and O–H groups in total. The van der Waals surface area contributed by atoms with Crippen molar-refractivity contribution in [1.82, 2.24) is 9.78 Å². The Labute approximate surface area is 85.9 Å². The molecule has 1 radical (unpaired) electrons. The molecule has 0 fully saturated rings. The maximum atomic E-state index is 4.07. The molecule has 0 atom stereocenters. The molecule has 0 aliphatic carbocycles. The fraction of sp³-hybridized carbons (Fsp3) is 0.111. The Bertz CT molecular complexity index is 238. The van der Waals surface area contributed by atoms with Gasteiger partial charge >= 0.3 is 18.6 Å². The molecule has 0 aliphatic heterocycles. The quantitative estimate of drug-likeness (QED) is 0.667. The van der Waals surface area contributed by atoms with Crippen molar-refractivity contribution in [1.29, 1.82) is 0 Å². The minimum absolute atomic E-state index is 0. The Hall–Kier alpha value is -0.726. The first-order valence-corrected chi connectivity index (χ1v) is 3.01. The second-order valence-electron chi connectivity index (χ2n) is 1.93. The zero-order valence-corrected chi connectivity index (χ0v) is 8.81. The summed E-state index contributed by atoms with van der Waals surface area (Å²) in [6, 6.07) is 3.01. The maximum absolute atomic E-state index is 4.07. The van der Waals surface area contributed by atoms with Crippen molar-refractivity contribution in [2.75, 3.05) is 0 Å². The molecule has 2 nitrogen and oxygen atoms in total. The molecule has 1 aromatic rings. The molecule has 1 heterocycles. The SMILES string of the molecule is C=Cc1[c-]c(C)nn1C=C.[CH3-].[V+2]. The minimum Gasteiger partial charge on any atom is -0.358 e. The number of hydrogen-bond donors (Lipinski definition) is 0. The average molecular weight is 199 g/mol. The molecule has 1 rings (SSSR count). The van der Waals surface area contributed by atoms with Crippen molar-refractivity contribution < 1.29 is 18.6 Å². The molecule has 0 unspecified atom stereocenters. The second-order valence-corrected chi connectivity index (χ2v) is 1.93. The summed E-state index contributed by atoms with van der Waals surface area (Å²) in [6.45, 7) is 9.08. The van der Waals surface area contributed by atoms with Gasteiger partial charge in [0.2, 0.25) is 0 Å². The third-order valence-corrected chi connectivity index (χ3v) is 1.18. The van der Waals surface area contributed by atoms with E-state index in [2.05, 4.69) is 24.3 Å². The Morgan fingerprint density at radius 1 is 1.50 bits per heavy atom. The van der Waals surface area contributed by atoms with E-state index in [1.165, 1.54) is 0 Å². The molecule has 0 saturated carbocycles. The summed E-state index contributed by atoms with van der Waals surface area (Å²) in [6.07, 6.45) is 3.32. The van der Waals surface area contributed by atoms with Crippen LogP contribution in [0.5, 0.6) is 0 Å². The summed E-state index contributed by atoms with van der Waals surface area (Å²) >= 11 is 0. The Balaban J connectivity index is 0. The molecule has 12 heavy (non-hydrogen) atoms. The number of rotatable bonds is 2. The maximum Gasteiger partial charge on any atom is 2.00 e. The first-order chi connectivity index (χ1) is 4.77. The summed E-state index contributed by atoms with van der Waals surface area (Å²) < 4.78 is 1.64. The molecule has 0 spiro atoms. The van der Waals surface area contributed by atoms with Crippen LogP contribution in [0.25, 0.3) is 12.3 Å². The molecular weight excluding hydrogens is 187 g/mol. The predicted molar refractivity (Wildman–Crippen MR) is 48.7 cm³/mol. The normalized spacial score (nSPS) is 7.75. The summed E-state index contributed by atoms with van der Waals surface area (Å²) in [5, 5.41) is 4.07. The van der Waals surface area contributed by atoms with Crippen LogP contribution >= 0.6 is 0 Å². The molecule has 0 bridgehead atoms. The van der Waals surface area contributed by atoms with E-state index in [1.807, 2.05) is 6.92 Å². The summed E-state index contributed by atoms with van der Waals surface area (Å²) in [5.74, 6) is 0. The van der Waals surface area contributed by atoms with E-state index in [0.29, 0.717) is 0 Å². The van der Waals surface area contributed by atoms with Crippen molar-refractivity contribution in [3.8, 4) is 0 Å². The Morgan fingerprint density at radius 3 is 2.42 bits per heavy atom. The molecule has 1 aromatic heterocycles. The Morgan fingerprint density at radius 2 is 2.08 bits per heavy atom. The van der Waals surface area contributed by atoms with Gasteiger partial charge < -0.3 is 7.43 Å². The molecule has 0 saturated heterocycles. The number of hydrogen-bond acceptors (Lipinski definition) is 1. The summed E-state index contributed by atoms with van der Waals surface area (Å²) in [5.41, 5.74) is 1.71. The second kappa shape index (κ2) is 5.87. The van der Waals surface area contributed by atoms with Crippen LogP contribution < -0.4 is 0 Å². The average Bonchev–Trinajstić information content (AvgIpc) is 2.30. The third-order valence-electron chi connectivity index (χ3n) is 1.18. The van der Waals surface area contributed by atoms with E-state index in [-0.39, 0.29) is 26.0 Å². The fourth-order valence-electron chi connectivity index (χ4n) is 0.767. The number of aromatic nitrogens is 2. The van der Waals surface area contributed by atoms with Gasteiger partial charge in [0.1, 0.15) is 0 Å². The van der Waals surface area contributed by atoms with Crippen molar-refractivity contribution in [2.45, 2.75) is 6.92 Å². The van der Waals surface area contributed by atoms with Gasteiger partial charge in [-0.25, -0.2) is 0 Å². The van der Waals surface area contributed by atoms with Gasteiger partial charge in [-0.1, -0.05) is 6.58 Å². The van der Waals surface area contributed by atoms with Gasteiger partial charge in [0, 0.05) is 6.20 Å². The smallest absolute Gasteiger partial charge is 0.358 e. The predicted octanol–water partition coefficient (Wildman–Crippen LogP) is 2.18. The van der Waals surface area contributed by atoms with Gasteiger partial charge in [0.15, 0.2) is 0 Å². The van der Waals surface area contributed by atoms with Crippen LogP contribution in [0.2, 0.25) is 0 Å². The van der Waals surface area contributed by atoms with E-state index in [1.54, 1.807) is 17.0 Å². The van der Waals surface area contributed by atoms with Crippen LogP contribution in [0.1, 0.15) is 11.4 Å². The standard InChI is InChI=1S/C8H9N2.CH3.V/c1-4-8-6-7(3)9-10(8)5-2;;/h4-5H,1-2H2,3H3;1H3;/q2*-1;+2. The third kappa shape index (κ3) is 2.72. The molecule has 0 aromatic carbocycles. The van der Waals surface area contributed by atoms with E-state index in [0.717, 1.165) is 11.4 Å². The molecular formula is C9H12N2V. The van der Waals surface area contributed by atoms with Gasteiger partial charge in [-0.3, -0.25) is 4.68 Å². The van der Waals surface area contributed by atoms with Crippen LogP contribution in [-0.2, 0) is 18.6 Å². The fourth-order valence-corrected chi connectivity index (χ4v) is 0.767. The van der Waals surface area contributed by atoms with Gasteiger partial charge in [0.25, 0.3) is 0 Å². The topological polar surface area (TPSA) is 17.8 Å². The summed E-state index contributed by atoms with van der Waals surface area (Å²) in [4.78, 5) is 0. The van der Waals surface area contributed by atoms with Crippen LogP contribution in [0.15, 0.2) is 13.2 Å². The first-order valence-electron chi connectivity index (χ1n) is 3.01. The Kier molecular flexibility index (Phi) is 6.76. The zero-order valence-electron chi connectivity index (χ0n) is 7.41. The van der Waals surface area contributed by atoms with E-state index < -0.39 is 0 Å². The molecule has 0 amide bonds. The van der Waals surface area contributed by atoms with Crippen molar-refractivity contribution in [3.63, 3.8) is 0 Å². The van der Waals surface area contributed by atoms with Crippen molar-refractivity contribution >= 4 is 12.3 Å².